The van der Waals surface area contributed by atoms with E-state index in [0.717, 1.165) is 17.1 Å². The highest BCUT2D eigenvalue weighted by molar-refractivity contribution is 5.75. The molecule has 0 radical (unpaired) electrons. The third-order valence-corrected chi connectivity index (χ3v) is 2.36. The van der Waals surface area contributed by atoms with Crippen molar-refractivity contribution in [3.63, 3.8) is 0 Å². The number of ether oxygens (including phenoxy) is 1. The van der Waals surface area contributed by atoms with Crippen molar-refractivity contribution < 1.29 is 4.74 Å². The first-order valence-electron chi connectivity index (χ1n) is 5.00. The molecule has 14 heavy (non-hydrogen) atoms. The topological polar surface area (TPSA) is 33.3 Å². The molecule has 3 heteroatoms. The maximum absolute atomic E-state index is 5.79. The number of para-hydroxylation sites is 1. The van der Waals surface area contributed by atoms with Gasteiger partial charge in [0.25, 0.3) is 0 Å². The second kappa shape index (κ2) is 3.78. The Hall–Kier alpha value is -1.38. The van der Waals surface area contributed by atoms with Crippen molar-refractivity contribution in [1.29, 1.82) is 0 Å². The Bertz CT molecular complexity index is 321. The second-order valence-corrected chi connectivity index (χ2v) is 3.50. The fourth-order valence-corrected chi connectivity index (χ4v) is 1.46. The highest BCUT2D eigenvalue weighted by Crippen LogP contribution is 2.36. The zero-order chi connectivity index (χ0) is 9.97. The van der Waals surface area contributed by atoms with Gasteiger partial charge in [0.15, 0.2) is 0 Å². The highest BCUT2D eigenvalue weighted by Gasteiger charge is 2.24. The Balaban J connectivity index is 2.26. The Morgan fingerprint density at radius 1 is 1.21 bits per heavy atom. The summed E-state index contributed by atoms with van der Waals surface area (Å²) in [6, 6.07) is 6.04. The lowest BCUT2D eigenvalue weighted by molar-refractivity contribution is 0.305. The van der Waals surface area contributed by atoms with E-state index >= 15 is 0 Å². The van der Waals surface area contributed by atoms with E-state index in [1.807, 2.05) is 32.3 Å². The van der Waals surface area contributed by atoms with Crippen LogP contribution in [0.2, 0.25) is 0 Å². The molecule has 0 atom stereocenters. The van der Waals surface area contributed by atoms with Gasteiger partial charge >= 0.3 is 0 Å². The summed E-state index contributed by atoms with van der Waals surface area (Å²) in [5, 5.41) is 6.30. The highest BCUT2D eigenvalue weighted by atomic mass is 16.5. The van der Waals surface area contributed by atoms with Gasteiger partial charge in [-0.3, -0.25) is 0 Å². The molecule has 2 rings (SSSR count). The fourth-order valence-electron chi connectivity index (χ4n) is 1.46. The van der Waals surface area contributed by atoms with E-state index in [9.17, 15) is 0 Å². The molecular weight excluding hydrogens is 176 g/mol. The third kappa shape index (κ3) is 1.76. The minimum Gasteiger partial charge on any atom is -0.488 e. The number of anilines is 2. The minimum absolute atomic E-state index is 0.439. The van der Waals surface area contributed by atoms with Crippen molar-refractivity contribution in [3.05, 3.63) is 18.2 Å². The largest absolute Gasteiger partial charge is 0.488 e. The molecule has 0 bridgehead atoms. The number of nitrogens with one attached hydrogen (secondary N) is 2. The maximum atomic E-state index is 5.79. The summed E-state index contributed by atoms with van der Waals surface area (Å²) in [6.45, 7) is 0. The van der Waals surface area contributed by atoms with Gasteiger partial charge in [0.05, 0.1) is 11.8 Å². The molecule has 1 aliphatic carbocycles. The molecule has 1 aromatic rings. The van der Waals surface area contributed by atoms with Gasteiger partial charge in [-0.05, 0) is 25.0 Å². The molecular formula is C11H16N2O. The van der Waals surface area contributed by atoms with Crippen LogP contribution in [-0.2, 0) is 0 Å². The predicted octanol–water partition coefficient (Wildman–Crippen LogP) is 2.31. The molecule has 3 nitrogen and oxygen atoms in total. The van der Waals surface area contributed by atoms with Gasteiger partial charge in [-0.25, -0.2) is 0 Å². The molecule has 2 N–H and O–H groups in total. The molecule has 76 valence electrons. The molecule has 0 unspecified atom stereocenters. The van der Waals surface area contributed by atoms with Crippen LogP contribution < -0.4 is 15.4 Å². The van der Waals surface area contributed by atoms with E-state index in [2.05, 4.69) is 10.6 Å². The zero-order valence-electron chi connectivity index (χ0n) is 8.63. The Morgan fingerprint density at radius 2 is 2.00 bits per heavy atom. The van der Waals surface area contributed by atoms with Crippen molar-refractivity contribution in [2.24, 2.45) is 0 Å². The summed E-state index contributed by atoms with van der Waals surface area (Å²) in [5.41, 5.74) is 2.12. The van der Waals surface area contributed by atoms with E-state index in [-0.39, 0.29) is 0 Å². The van der Waals surface area contributed by atoms with Crippen LogP contribution in [0.4, 0.5) is 11.4 Å². The van der Waals surface area contributed by atoms with Crippen molar-refractivity contribution in [2.45, 2.75) is 18.9 Å². The molecule has 0 spiro atoms. The SMILES string of the molecule is CNc1cccc(OC2CC2)c1NC. The summed E-state index contributed by atoms with van der Waals surface area (Å²) in [5.74, 6) is 0.946. The Morgan fingerprint density at radius 3 is 2.57 bits per heavy atom. The van der Waals surface area contributed by atoms with Crippen LogP contribution >= 0.6 is 0 Å². The first kappa shape index (κ1) is 9.19. The van der Waals surface area contributed by atoms with Crippen LogP contribution in [-0.4, -0.2) is 20.2 Å². The van der Waals surface area contributed by atoms with Crippen molar-refractivity contribution in [2.75, 3.05) is 24.7 Å². The van der Waals surface area contributed by atoms with Crippen molar-refractivity contribution in [1.82, 2.24) is 0 Å². The van der Waals surface area contributed by atoms with Crippen LogP contribution in [0.1, 0.15) is 12.8 Å². The lowest BCUT2D eigenvalue weighted by atomic mass is 10.2. The smallest absolute Gasteiger partial charge is 0.144 e. The van der Waals surface area contributed by atoms with Gasteiger partial charge < -0.3 is 15.4 Å². The molecule has 0 aliphatic heterocycles. The molecule has 0 aromatic heterocycles. The monoisotopic (exact) mass is 192 g/mol. The quantitative estimate of drug-likeness (QED) is 0.768. The fraction of sp³-hybridized carbons (Fsp3) is 0.455. The lowest BCUT2D eigenvalue weighted by Gasteiger charge is -2.14. The van der Waals surface area contributed by atoms with Crippen LogP contribution in [0.25, 0.3) is 0 Å². The molecule has 1 fully saturated rings. The van der Waals surface area contributed by atoms with Gasteiger partial charge in [0.2, 0.25) is 0 Å². The summed E-state index contributed by atoms with van der Waals surface area (Å²) < 4.78 is 5.79. The lowest BCUT2D eigenvalue weighted by Crippen LogP contribution is -2.02. The van der Waals surface area contributed by atoms with Gasteiger partial charge in [-0.2, -0.15) is 0 Å². The van der Waals surface area contributed by atoms with Gasteiger partial charge in [-0.15, -0.1) is 0 Å². The minimum atomic E-state index is 0.439. The summed E-state index contributed by atoms with van der Waals surface area (Å²) >= 11 is 0. The van der Waals surface area contributed by atoms with Gasteiger partial charge in [-0.1, -0.05) is 6.07 Å². The number of hydrogen-bond acceptors (Lipinski definition) is 3. The Labute approximate surface area is 84.5 Å². The second-order valence-electron chi connectivity index (χ2n) is 3.50. The average molecular weight is 192 g/mol. The normalized spacial score (nSPS) is 15.0. The first-order chi connectivity index (χ1) is 6.85. The summed E-state index contributed by atoms with van der Waals surface area (Å²) in [7, 11) is 3.83. The van der Waals surface area contributed by atoms with Crippen molar-refractivity contribution >= 4 is 11.4 Å². The van der Waals surface area contributed by atoms with Crippen LogP contribution in [0.3, 0.4) is 0 Å². The molecule has 1 aliphatic rings. The maximum Gasteiger partial charge on any atom is 0.144 e. The van der Waals surface area contributed by atoms with E-state index in [0.29, 0.717) is 6.10 Å². The van der Waals surface area contributed by atoms with E-state index < -0.39 is 0 Å². The average Bonchev–Trinajstić information content (AvgIpc) is 3.01. The molecule has 1 saturated carbocycles. The van der Waals surface area contributed by atoms with Crippen LogP contribution in [0.5, 0.6) is 5.75 Å². The van der Waals surface area contributed by atoms with E-state index in [4.69, 9.17) is 4.74 Å². The zero-order valence-corrected chi connectivity index (χ0v) is 8.63. The molecule has 0 heterocycles. The van der Waals surface area contributed by atoms with Gasteiger partial charge in [0, 0.05) is 14.1 Å². The third-order valence-electron chi connectivity index (χ3n) is 2.36. The van der Waals surface area contributed by atoms with Crippen molar-refractivity contribution in [3.8, 4) is 5.75 Å². The van der Waals surface area contributed by atoms with Gasteiger partial charge in [0.1, 0.15) is 11.4 Å². The molecule has 0 saturated heterocycles. The first-order valence-corrected chi connectivity index (χ1v) is 5.00. The summed E-state index contributed by atoms with van der Waals surface area (Å²) in [4.78, 5) is 0. The molecule has 0 amide bonds. The summed E-state index contributed by atoms with van der Waals surface area (Å²) in [6.07, 6.45) is 2.81. The standard InChI is InChI=1S/C11H16N2O/c1-12-9-4-3-5-10(11(9)13-2)14-8-6-7-8/h3-5,8,12-13H,6-7H2,1-2H3. The Kier molecular flexibility index (Phi) is 2.48. The van der Waals surface area contributed by atoms with Crippen LogP contribution in [0.15, 0.2) is 18.2 Å². The predicted molar refractivity (Wildman–Crippen MR) is 59.2 cm³/mol. The van der Waals surface area contributed by atoms with E-state index in [1.54, 1.807) is 0 Å². The number of hydrogen-bond donors (Lipinski definition) is 2. The van der Waals surface area contributed by atoms with E-state index in [1.165, 1.54) is 12.8 Å². The number of benzene rings is 1. The molecule has 1 aromatic carbocycles. The number of rotatable bonds is 4. The van der Waals surface area contributed by atoms with Crippen LogP contribution in [0, 0.1) is 0 Å².